The van der Waals surface area contributed by atoms with E-state index in [0.29, 0.717) is 10.8 Å². The van der Waals surface area contributed by atoms with Gasteiger partial charge >= 0.3 is 0 Å². The molecule has 0 radical (unpaired) electrons. The number of carbonyl (C=O) groups is 1. The fourth-order valence-corrected chi connectivity index (χ4v) is 3.34. The summed E-state index contributed by atoms with van der Waals surface area (Å²) in [6, 6.07) is 7.99. The molecule has 2 heterocycles. The quantitative estimate of drug-likeness (QED) is 0.697. The van der Waals surface area contributed by atoms with Gasteiger partial charge in [0.2, 0.25) is 5.91 Å². The highest BCUT2D eigenvalue weighted by Crippen LogP contribution is 2.23. The van der Waals surface area contributed by atoms with Gasteiger partial charge in [0.15, 0.2) is 5.82 Å². The summed E-state index contributed by atoms with van der Waals surface area (Å²) in [5, 5.41) is 8.10. The number of aryl methyl sites for hydroxylation is 4. The second kappa shape index (κ2) is 7.70. The fraction of sp³-hybridized carbons (Fsp3) is 0.263. The molecular weight excluding hydrogens is 346 g/mol. The molecule has 6 nitrogen and oxygen atoms in total. The van der Waals surface area contributed by atoms with E-state index in [2.05, 4.69) is 20.4 Å². The first kappa shape index (κ1) is 18.1. The summed E-state index contributed by atoms with van der Waals surface area (Å²) in [6.07, 6.45) is 3.26. The predicted molar refractivity (Wildman–Crippen MR) is 104 cm³/mol. The number of anilines is 1. The second-order valence-electron chi connectivity index (χ2n) is 6.18. The topological polar surface area (TPSA) is 72.7 Å². The van der Waals surface area contributed by atoms with Crippen molar-refractivity contribution < 1.29 is 4.79 Å². The fourth-order valence-electron chi connectivity index (χ4n) is 2.60. The first-order chi connectivity index (χ1) is 12.4. The lowest BCUT2D eigenvalue weighted by atomic mass is 10.1. The van der Waals surface area contributed by atoms with Crippen LogP contribution in [0.3, 0.4) is 0 Å². The molecule has 0 saturated heterocycles. The second-order valence-corrected chi connectivity index (χ2v) is 7.14. The zero-order valence-corrected chi connectivity index (χ0v) is 16.1. The van der Waals surface area contributed by atoms with Crippen LogP contribution in [0.5, 0.6) is 0 Å². The zero-order valence-electron chi connectivity index (χ0n) is 15.3. The Morgan fingerprint density at radius 1 is 1.12 bits per heavy atom. The maximum absolute atomic E-state index is 12.4. The van der Waals surface area contributed by atoms with Crippen molar-refractivity contribution in [3.8, 4) is 5.82 Å². The van der Waals surface area contributed by atoms with Crippen LogP contribution >= 0.6 is 11.8 Å². The molecule has 1 N–H and O–H groups in total. The summed E-state index contributed by atoms with van der Waals surface area (Å²) < 4.78 is 1.76. The Labute approximate surface area is 157 Å². The molecular formula is C19H21N5OS. The summed E-state index contributed by atoms with van der Waals surface area (Å²) in [5.74, 6) is 0.814. The molecule has 0 saturated carbocycles. The molecule has 0 unspecified atom stereocenters. The normalized spacial score (nSPS) is 10.8. The Hall–Kier alpha value is -2.67. The Morgan fingerprint density at radius 2 is 1.88 bits per heavy atom. The van der Waals surface area contributed by atoms with Crippen molar-refractivity contribution in [3.05, 3.63) is 59.2 Å². The van der Waals surface area contributed by atoms with Gasteiger partial charge in [-0.05, 0) is 51.0 Å². The summed E-state index contributed by atoms with van der Waals surface area (Å²) in [4.78, 5) is 21.1. The van der Waals surface area contributed by atoms with Crippen LogP contribution < -0.4 is 5.32 Å². The van der Waals surface area contributed by atoms with Crippen molar-refractivity contribution in [3.63, 3.8) is 0 Å². The third kappa shape index (κ3) is 4.11. The number of hydrogen-bond acceptors (Lipinski definition) is 5. The van der Waals surface area contributed by atoms with Gasteiger partial charge in [0, 0.05) is 23.8 Å². The van der Waals surface area contributed by atoms with E-state index in [0.717, 1.165) is 28.2 Å². The van der Waals surface area contributed by atoms with E-state index in [4.69, 9.17) is 0 Å². The van der Waals surface area contributed by atoms with Crippen LogP contribution in [0.2, 0.25) is 0 Å². The summed E-state index contributed by atoms with van der Waals surface area (Å²) in [7, 11) is 0. The van der Waals surface area contributed by atoms with Gasteiger partial charge in [-0.25, -0.2) is 14.6 Å². The summed E-state index contributed by atoms with van der Waals surface area (Å²) >= 11 is 1.35. The van der Waals surface area contributed by atoms with Crippen molar-refractivity contribution in [1.82, 2.24) is 19.7 Å². The molecule has 0 fully saturated rings. The SMILES string of the molecule is Cc1ccc(C)c(NC(=O)CSc2nccnc2-n2nc(C)cc2C)c1. The Balaban J connectivity index is 1.73. The average Bonchev–Trinajstić information content (AvgIpc) is 2.95. The molecule has 1 aromatic carbocycles. The van der Waals surface area contributed by atoms with E-state index in [1.165, 1.54) is 11.8 Å². The van der Waals surface area contributed by atoms with Gasteiger partial charge in [-0.3, -0.25) is 4.79 Å². The monoisotopic (exact) mass is 367 g/mol. The van der Waals surface area contributed by atoms with Crippen molar-refractivity contribution in [2.45, 2.75) is 32.7 Å². The van der Waals surface area contributed by atoms with Crippen molar-refractivity contribution in [2.24, 2.45) is 0 Å². The third-order valence-electron chi connectivity index (χ3n) is 3.86. The number of nitrogens with one attached hydrogen (secondary N) is 1. The molecule has 3 rings (SSSR count). The first-order valence-corrected chi connectivity index (χ1v) is 9.27. The lowest BCUT2D eigenvalue weighted by Crippen LogP contribution is -2.15. The van der Waals surface area contributed by atoms with Crippen LogP contribution in [0.4, 0.5) is 5.69 Å². The van der Waals surface area contributed by atoms with Crippen LogP contribution in [0.15, 0.2) is 41.7 Å². The zero-order chi connectivity index (χ0) is 18.7. The van der Waals surface area contributed by atoms with E-state index >= 15 is 0 Å². The van der Waals surface area contributed by atoms with E-state index < -0.39 is 0 Å². The van der Waals surface area contributed by atoms with Gasteiger partial charge < -0.3 is 5.32 Å². The molecule has 134 valence electrons. The maximum atomic E-state index is 12.4. The Morgan fingerprint density at radius 3 is 2.62 bits per heavy atom. The van der Waals surface area contributed by atoms with E-state index in [1.807, 2.05) is 52.0 Å². The largest absolute Gasteiger partial charge is 0.325 e. The minimum atomic E-state index is -0.0753. The van der Waals surface area contributed by atoms with Gasteiger partial charge in [-0.15, -0.1) is 0 Å². The van der Waals surface area contributed by atoms with Gasteiger partial charge in [0.1, 0.15) is 5.03 Å². The maximum Gasteiger partial charge on any atom is 0.234 e. The highest BCUT2D eigenvalue weighted by atomic mass is 32.2. The molecule has 7 heteroatoms. The van der Waals surface area contributed by atoms with E-state index in [-0.39, 0.29) is 11.7 Å². The molecule has 2 aromatic heterocycles. The molecule has 0 aliphatic carbocycles. The molecule has 0 atom stereocenters. The molecule has 26 heavy (non-hydrogen) atoms. The lowest BCUT2D eigenvalue weighted by molar-refractivity contribution is -0.113. The third-order valence-corrected chi connectivity index (χ3v) is 4.83. The van der Waals surface area contributed by atoms with Crippen molar-refractivity contribution in [2.75, 3.05) is 11.1 Å². The van der Waals surface area contributed by atoms with Crippen molar-refractivity contribution in [1.29, 1.82) is 0 Å². The highest BCUT2D eigenvalue weighted by molar-refractivity contribution is 8.00. The minimum absolute atomic E-state index is 0.0753. The number of benzene rings is 1. The molecule has 0 aliphatic heterocycles. The van der Waals surface area contributed by atoms with Crippen LogP contribution in [-0.4, -0.2) is 31.4 Å². The van der Waals surface area contributed by atoms with Gasteiger partial charge in [0.05, 0.1) is 11.4 Å². The lowest BCUT2D eigenvalue weighted by Gasteiger charge is -2.10. The molecule has 0 aliphatic rings. The molecule has 0 bridgehead atoms. The molecule has 3 aromatic rings. The highest BCUT2D eigenvalue weighted by Gasteiger charge is 2.14. The summed E-state index contributed by atoms with van der Waals surface area (Å²) in [5.41, 5.74) is 4.88. The Bertz CT molecular complexity index is 951. The molecule has 0 spiro atoms. The first-order valence-electron chi connectivity index (χ1n) is 8.28. The van der Waals surface area contributed by atoms with Crippen LogP contribution in [0, 0.1) is 27.7 Å². The number of carbonyl (C=O) groups excluding carboxylic acids is 1. The van der Waals surface area contributed by atoms with Crippen LogP contribution in [0.1, 0.15) is 22.5 Å². The number of thioether (sulfide) groups is 1. The predicted octanol–water partition coefficient (Wildman–Crippen LogP) is 3.63. The smallest absolute Gasteiger partial charge is 0.234 e. The number of nitrogens with zero attached hydrogens (tertiary/aromatic N) is 4. The van der Waals surface area contributed by atoms with Crippen molar-refractivity contribution >= 4 is 23.4 Å². The number of amides is 1. The van der Waals surface area contributed by atoms with Crippen LogP contribution in [-0.2, 0) is 4.79 Å². The number of aromatic nitrogens is 4. The molecule has 1 amide bonds. The van der Waals surface area contributed by atoms with Gasteiger partial charge in [-0.1, -0.05) is 23.9 Å². The van der Waals surface area contributed by atoms with E-state index in [1.54, 1.807) is 17.1 Å². The van der Waals surface area contributed by atoms with Gasteiger partial charge in [-0.2, -0.15) is 5.10 Å². The van der Waals surface area contributed by atoms with E-state index in [9.17, 15) is 4.79 Å². The minimum Gasteiger partial charge on any atom is -0.325 e. The van der Waals surface area contributed by atoms with Gasteiger partial charge in [0.25, 0.3) is 0 Å². The Kier molecular flexibility index (Phi) is 5.37. The number of hydrogen-bond donors (Lipinski definition) is 1. The average molecular weight is 367 g/mol. The summed E-state index contributed by atoms with van der Waals surface area (Å²) in [6.45, 7) is 7.89. The van der Waals surface area contributed by atoms with Crippen LogP contribution in [0.25, 0.3) is 5.82 Å². The standard InChI is InChI=1S/C19H21N5OS/c1-12-5-6-13(2)16(9-12)22-17(25)11-26-19-18(20-7-8-21-19)24-15(4)10-14(3)23-24/h5-10H,11H2,1-4H3,(H,22,25). The number of rotatable bonds is 5.